The smallest absolute Gasteiger partial charge is 0.410 e. The van der Waals surface area contributed by atoms with Crippen LogP contribution in [0.5, 0.6) is 0 Å². The molecule has 4 aromatic rings. The monoisotopic (exact) mass is 585 g/mol. The van der Waals surface area contributed by atoms with Crippen molar-refractivity contribution in [2.24, 2.45) is 0 Å². The summed E-state index contributed by atoms with van der Waals surface area (Å²) < 4.78 is 13.0. The normalized spacial score (nSPS) is 16.0. The standard InChI is InChI=1S/C30H35N9O4/c1-20(2)43-30(41)38-13-9-24(10-14-38)39-28-25(19-32-39)27(37-15-17-42-18-16-37)35-26(36-28)21-3-5-22(6-4-21)33-29(40)34-23-7-11-31-12-8-23/h3-8,11-12,19-20,24H,9-10,13-18H2,1-2H3,(H2,31,33,34,40). The number of likely N-dealkylation sites (tertiary alicyclic amines) is 1. The van der Waals surface area contributed by atoms with Crippen LogP contribution < -0.4 is 15.5 Å². The van der Waals surface area contributed by atoms with E-state index < -0.39 is 0 Å². The van der Waals surface area contributed by atoms with Crippen LogP contribution in [0.15, 0.2) is 55.0 Å². The topological polar surface area (TPSA) is 140 Å². The van der Waals surface area contributed by atoms with Crippen molar-refractivity contribution < 1.29 is 19.1 Å². The van der Waals surface area contributed by atoms with Gasteiger partial charge in [-0.1, -0.05) is 0 Å². The summed E-state index contributed by atoms with van der Waals surface area (Å²) in [6, 6.07) is 10.6. The first-order valence-electron chi connectivity index (χ1n) is 14.6. The number of rotatable bonds is 6. The molecule has 224 valence electrons. The predicted octanol–water partition coefficient (Wildman–Crippen LogP) is 4.55. The number of ether oxygens (including phenoxy) is 2. The lowest BCUT2D eigenvalue weighted by Gasteiger charge is -2.32. The van der Waals surface area contributed by atoms with Crippen molar-refractivity contribution in [2.75, 3.05) is 54.9 Å². The van der Waals surface area contributed by atoms with Gasteiger partial charge in [0.1, 0.15) is 5.82 Å². The zero-order valence-electron chi connectivity index (χ0n) is 24.3. The van der Waals surface area contributed by atoms with Crippen molar-refractivity contribution in [3.63, 3.8) is 0 Å². The molecule has 2 fully saturated rings. The molecule has 0 radical (unpaired) electrons. The Labute approximate surface area is 249 Å². The Morgan fingerprint density at radius 1 is 0.930 bits per heavy atom. The van der Waals surface area contributed by atoms with Crippen molar-refractivity contribution >= 4 is 40.4 Å². The first-order valence-corrected chi connectivity index (χ1v) is 14.6. The number of carbonyl (C=O) groups is 2. The van der Waals surface area contributed by atoms with Crippen molar-refractivity contribution in [1.82, 2.24) is 29.6 Å². The van der Waals surface area contributed by atoms with Crippen molar-refractivity contribution in [3.8, 4) is 11.4 Å². The number of piperidine rings is 1. The lowest BCUT2D eigenvalue weighted by Crippen LogP contribution is -2.40. The highest BCUT2D eigenvalue weighted by molar-refractivity contribution is 5.99. The van der Waals surface area contributed by atoms with E-state index in [1.807, 2.05) is 49.0 Å². The molecule has 2 aliphatic rings. The molecule has 3 amide bonds. The third kappa shape index (κ3) is 6.51. The third-order valence-electron chi connectivity index (χ3n) is 7.49. The fraction of sp³-hybridized carbons (Fsp3) is 0.400. The molecule has 1 aromatic carbocycles. The molecule has 0 atom stereocenters. The van der Waals surface area contributed by atoms with E-state index in [1.54, 1.807) is 29.4 Å². The molecule has 6 rings (SSSR count). The molecule has 2 N–H and O–H groups in total. The van der Waals surface area contributed by atoms with Crippen LogP contribution in [0.3, 0.4) is 0 Å². The Morgan fingerprint density at radius 2 is 1.60 bits per heavy atom. The molecule has 0 unspecified atom stereocenters. The van der Waals surface area contributed by atoms with E-state index in [4.69, 9.17) is 24.5 Å². The first-order chi connectivity index (χ1) is 20.9. The average molecular weight is 586 g/mol. The van der Waals surface area contributed by atoms with Crippen molar-refractivity contribution in [1.29, 1.82) is 0 Å². The van der Waals surface area contributed by atoms with Crippen LogP contribution >= 0.6 is 0 Å². The highest BCUT2D eigenvalue weighted by atomic mass is 16.6. The molecular weight excluding hydrogens is 550 g/mol. The minimum Gasteiger partial charge on any atom is -0.447 e. The number of nitrogens with zero attached hydrogens (tertiary/aromatic N) is 7. The first kappa shape index (κ1) is 28.3. The van der Waals surface area contributed by atoms with E-state index in [1.165, 1.54) is 0 Å². The fourth-order valence-corrected chi connectivity index (χ4v) is 5.32. The summed E-state index contributed by atoms with van der Waals surface area (Å²) in [5, 5.41) is 11.3. The van der Waals surface area contributed by atoms with E-state index in [0.717, 1.165) is 48.3 Å². The molecule has 0 aliphatic carbocycles. The minimum absolute atomic E-state index is 0.0892. The maximum absolute atomic E-state index is 12.4. The highest BCUT2D eigenvalue weighted by Crippen LogP contribution is 2.32. The average Bonchev–Trinajstić information content (AvgIpc) is 3.46. The van der Waals surface area contributed by atoms with Crippen LogP contribution in [0.1, 0.15) is 32.7 Å². The van der Waals surface area contributed by atoms with Crippen LogP contribution in [0.25, 0.3) is 22.4 Å². The molecule has 0 spiro atoms. The largest absolute Gasteiger partial charge is 0.447 e. The number of anilines is 3. The number of morpholine rings is 1. The van der Waals surface area contributed by atoms with Crippen LogP contribution in [0, 0.1) is 0 Å². The molecule has 13 nitrogen and oxygen atoms in total. The molecule has 43 heavy (non-hydrogen) atoms. The Morgan fingerprint density at radius 3 is 2.28 bits per heavy atom. The second kappa shape index (κ2) is 12.6. The van der Waals surface area contributed by atoms with Crippen LogP contribution in [0.2, 0.25) is 0 Å². The molecule has 2 saturated heterocycles. The van der Waals surface area contributed by atoms with Gasteiger partial charge in [0.15, 0.2) is 11.5 Å². The summed E-state index contributed by atoms with van der Waals surface area (Å²) in [5.41, 5.74) is 2.86. The molecule has 13 heteroatoms. The van der Waals surface area contributed by atoms with Crippen molar-refractivity contribution in [3.05, 3.63) is 55.0 Å². The van der Waals surface area contributed by atoms with E-state index >= 15 is 0 Å². The van der Waals surface area contributed by atoms with Gasteiger partial charge in [-0.3, -0.25) is 4.98 Å². The Kier molecular flexibility index (Phi) is 8.31. The summed E-state index contributed by atoms with van der Waals surface area (Å²) in [7, 11) is 0. The second-order valence-corrected chi connectivity index (χ2v) is 10.8. The minimum atomic E-state index is -0.348. The fourth-order valence-electron chi connectivity index (χ4n) is 5.32. The Bertz CT molecular complexity index is 1560. The van der Waals surface area contributed by atoms with Gasteiger partial charge >= 0.3 is 12.1 Å². The number of aromatic nitrogens is 5. The van der Waals surface area contributed by atoms with Gasteiger partial charge in [0.2, 0.25) is 0 Å². The Hall–Kier alpha value is -4.78. The molecular formula is C30H35N9O4. The van der Waals surface area contributed by atoms with E-state index in [-0.39, 0.29) is 24.3 Å². The van der Waals surface area contributed by atoms with E-state index in [0.29, 0.717) is 43.5 Å². The van der Waals surface area contributed by atoms with Gasteiger partial charge in [-0.15, -0.1) is 0 Å². The molecule has 5 heterocycles. The van der Waals surface area contributed by atoms with Crippen LogP contribution in [-0.2, 0) is 9.47 Å². The Balaban J connectivity index is 1.25. The zero-order valence-corrected chi connectivity index (χ0v) is 24.3. The number of pyridine rings is 1. The summed E-state index contributed by atoms with van der Waals surface area (Å²) in [4.78, 5) is 42.8. The number of nitrogens with one attached hydrogen (secondary N) is 2. The SMILES string of the molecule is CC(C)OC(=O)N1CCC(n2ncc3c(N4CCOCC4)nc(-c4ccc(NC(=O)Nc5ccncc5)cc4)nc32)CC1. The maximum Gasteiger partial charge on any atom is 0.410 e. The van der Waals surface area contributed by atoms with E-state index in [9.17, 15) is 9.59 Å². The zero-order chi connectivity index (χ0) is 29.8. The van der Waals surface area contributed by atoms with Gasteiger partial charge in [-0.05, 0) is 63.1 Å². The van der Waals surface area contributed by atoms with Gasteiger partial charge in [-0.25, -0.2) is 24.2 Å². The van der Waals surface area contributed by atoms with Gasteiger partial charge in [0.05, 0.1) is 36.9 Å². The number of hydrogen-bond acceptors (Lipinski definition) is 9. The molecule has 2 aliphatic heterocycles. The van der Waals surface area contributed by atoms with Gasteiger partial charge in [0, 0.05) is 55.5 Å². The van der Waals surface area contributed by atoms with Gasteiger partial charge in [-0.2, -0.15) is 5.10 Å². The lowest BCUT2D eigenvalue weighted by atomic mass is 10.1. The quantitative estimate of drug-likeness (QED) is 0.333. The third-order valence-corrected chi connectivity index (χ3v) is 7.49. The van der Waals surface area contributed by atoms with Crippen LogP contribution in [-0.4, -0.2) is 87.3 Å². The highest BCUT2D eigenvalue weighted by Gasteiger charge is 2.28. The van der Waals surface area contributed by atoms with Gasteiger partial charge < -0.3 is 29.9 Å². The number of benzene rings is 1. The second-order valence-electron chi connectivity index (χ2n) is 10.8. The number of fused-ring (bicyclic) bond motifs is 1. The maximum atomic E-state index is 12.4. The molecule has 0 bridgehead atoms. The number of hydrogen-bond donors (Lipinski definition) is 2. The van der Waals surface area contributed by atoms with Gasteiger partial charge in [0.25, 0.3) is 0 Å². The van der Waals surface area contributed by atoms with Crippen molar-refractivity contribution in [2.45, 2.75) is 38.8 Å². The summed E-state index contributed by atoms with van der Waals surface area (Å²) in [6.07, 6.45) is 6.15. The number of urea groups is 1. The lowest BCUT2D eigenvalue weighted by molar-refractivity contribution is 0.0656. The predicted molar refractivity (Wildman–Crippen MR) is 162 cm³/mol. The number of amides is 3. The molecule has 0 saturated carbocycles. The van der Waals surface area contributed by atoms with Crippen LogP contribution in [0.4, 0.5) is 26.8 Å². The number of carbonyl (C=O) groups excluding carboxylic acids is 2. The van der Waals surface area contributed by atoms with E-state index in [2.05, 4.69) is 20.5 Å². The summed E-state index contributed by atoms with van der Waals surface area (Å²) in [6.45, 7) is 7.60. The summed E-state index contributed by atoms with van der Waals surface area (Å²) >= 11 is 0. The molecule has 3 aromatic heterocycles. The summed E-state index contributed by atoms with van der Waals surface area (Å²) in [5.74, 6) is 1.40.